The molecular weight excluding hydrogens is 184 g/mol. The first-order valence-corrected chi connectivity index (χ1v) is 3.96. The standard InChI is InChI=1S/C10H10O4/c1-2-3-6-7(10(13)14)4-5-8(11)9(6)12/h2,4-5,11-12H,1,3H2,(H,13,14). The van der Waals surface area contributed by atoms with Crippen LogP contribution in [0.2, 0.25) is 0 Å². The van der Waals surface area contributed by atoms with Gasteiger partial charge < -0.3 is 15.3 Å². The summed E-state index contributed by atoms with van der Waals surface area (Å²) in [5, 5.41) is 27.3. The number of carboxylic acids is 1. The molecule has 0 saturated heterocycles. The van der Waals surface area contributed by atoms with Crippen LogP contribution in [0, 0.1) is 0 Å². The van der Waals surface area contributed by atoms with Gasteiger partial charge in [0.1, 0.15) is 0 Å². The molecule has 0 atom stereocenters. The molecule has 0 aliphatic carbocycles. The lowest BCUT2D eigenvalue weighted by Crippen LogP contribution is -2.01. The van der Waals surface area contributed by atoms with Crippen molar-refractivity contribution in [3.8, 4) is 11.5 Å². The van der Waals surface area contributed by atoms with Gasteiger partial charge in [0.25, 0.3) is 0 Å². The molecule has 0 radical (unpaired) electrons. The molecule has 0 spiro atoms. The maximum absolute atomic E-state index is 10.7. The minimum atomic E-state index is -1.14. The summed E-state index contributed by atoms with van der Waals surface area (Å²) >= 11 is 0. The largest absolute Gasteiger partial charge is 0.504 e. The summed E-state index contributed by atoms with van der Waals surface area (Å²) in [5.41, 5.74) is 0.146. The second kappa shape index (κ2) is 3.83. The van der Waals surface area contributed by atoms with Crippen molar-refractivity contribution in [2.75, 3.05) is 0 Å². The fourth-order valence-electron chi connectivity index (χ4n) is 1.18. The zero-order valence-corrected chi connectivity index (χ0v) is 7.40. The number of hydrogen-bond donors (Lipinski definition) is 3. The summed E-state index contributed by atoms with van der Waals surface area (Å²) < 4.78 is 0. The zero-order chi connectivity index (χ0) is 10.7. The smallest absolute Gasteiger partial charge is 0.336 e. The predicted molar refractivity (Wildman–Crippen MR) is 50.6 cm³/mol. The van der Waals surface area contributed by atoms with Gasteiger partial charge in [-0.3, -0.25) is 0 Å². The Balaban J connectivity index is 3.36. The van der Waals surface area contributed by atoms with E-state index in [9.17, 15) is 9.90 Å². The van der Waals surface area contributed by atoms with Crippen molar-refractivity contribution < 1.29 is 20.1 Å². The molecule has 3 N–H and O–H groups in total. The number of phenols is 2. The van der Waals surface area contributed by atoms with Crippen LogP contribution in [-0.2, 0) is 6.42 Å². The van der Waals surface area contributed by atoms with Gasteiger partial charge in [-0.15, -0.1) is 6.58 Å². The summed E-state index contributed by atoms with van der Waals surface area (Å²) in [6.45, 7) is 3.44. The van der Waals surface area contributed by atoms with Crippen molar-refractivity contribution in [1.82, 2.24) is 0 Å². The highest BCUT2D eigenvalue weighted by Crippen LogP contribution is 2.31. The Morgan fingerprint density at radius 1 is 1.43 bits per heavy atom. The van der Waals surface area contributed by atoms with Crippen molar-refractivity contribution in [3.05, 3.63) is 35.9 Å². The van der Waals surface area contributed by atoms with E-state index in [1.54, 1.807) is 0 Å². The molecule has 0 heterocycles. The van der Waals surface area contributed by atoms with Crippen LogP contribution in [0.15, 0.2) is 24.8 Å². The summed E-state index contributed by atoms with van der Waals surface area (Å²) in [7, 11) is 0. The van der Waals surface area contributed by atoms with Crippen LogP contribution in [0.1, 0.15) is 15.9 Å². The highest BCUT2D eigenvalue weighted by Gasteiger charge is 2.15. The summed E-state index contributed by atoms with van der Waals surface area (Å²) in [5.74, 6) is -1.87. The molecule has 4 nitrogen and oxygen atoms in total. The van der Waals surface area contributed by atoms with Crippen LogP contribution in [0.4, 0.5) is 0 Å². The lowest BCUT2D eigenvalue weighted by molar-refractivity contribution is 0.0695. The van der Waals surface area contributed by atoms with Gasteiger partial charge in [-0.05, 0) is 18.6 Å². The summed E-state index contributed by atoms with van der Waals surface area (Å²) in [4.78, 5) is 10.7. The molecule has 0 amide bonds. The van der Waals surface area contributed by atoms with Crippen LogP contribution < -0.4 is 0 Å². The number of aromatic hydroxyl groups is 2. The number of phenolic OH excluding ortho intramolecular Hbond substituents is 2. The Labute approximate surface area is 80.7 Å². The number of allylic oxidation sites excluding steroid dienone is 1. The van der Waals surface area contributed by atoms with Crippen molar-refractivity contribution >= 4 is 5.97 Å². The van der Waals surface area contributed by atoms with E-state index in [0.717, 1.165) is 6.07 Å². The third kappa shape index (κ3) is 1.69. The Hall–Kier alpha value is -1.97. The summed E-state index contributed by atoms with van der Waals surface area (Å²) in [6, 6.07) is 2.39. The maximum Gasteiger partial charge on any atom is 0.336 e. The van der Waals surface area contributed by atoms with Crippen LogP contribution in [0.25, 0.3) is 0 Å². The highest BCUT2D eigenvalue weighted by molar-refractivity contribution is 5.90. The molecule has 1 aromatic carbocycles. The first-order valence-electron chi connectivity index (χ1n) is 3.96. The molecule has 0 aromatic heterocycles. The lowest BCUT2D eigenvalue weighted by atomic mass is 10.0. The van der Waals surface area contributed by atoms with Crippen molar-refractivity contribution in [2.45, 2.75) is 6.42 Å². The van der Waals surface area contributed by atoms with E-state index < -0.39 is 11.7 Å². The minimum absolute atomic E-state index is 0.0276. The van der Waals surface area contributed by atoms with Gasteiger partial charge in [0.05, 0.1) is 5.56 Å². The molecule has 1 rings (SSSR count). The van der Waals surface area contributed by atoms with Gasteiger partial charge in [-0.1, -0.05) is 6.08 Å². The maximum atomic E-state index is 10.7. The van der Waals surface area contributed by atoms with Crippen LogP contribution in [-0.4, -0.2) is 21.3 Å². The molecule has 0 aliphatic heterocycles. The molecule has 0 aliphatic rings. The predicted octanol–water partition coefficient (Wildman–Crippen LogP) is 1.52. The van der Waals surface area contributed by atoms with Gasteiger partial charge in [-0.25, -0.2) is 4.79 Å². The van der Waals surface area contributed by atoms with E-state index in [2.05, 4.69) is 6.58 Å². The topological polar surface area (TPSA) is 77.8 Å². The fraction of sp³-hybridized carbons (Fsp3) is 0.100. The van der Waals surface area contributed by atoms with E-state index in [1.807, 2.05) is 0 Å². The third-order valence-corrected chi connectivity index (χ3v) is 1.84. The first-order chi connectivity index (χ1) is 6.57. The van der Waals surface area contributed by atoms with Crippen LogP contribution in [0.3, 0.4) is 0 Å². The zero-order valence-electron chi connectivity index (χ0n) is 7.40. The molecule has 4 heteroatoms. The quantitative estimate of drug-likeness (QED) is 0.503. The van der Waals surface area contributed by atoms with E-state index in [4.69, 9.17) is 10.2 Å². The van der Waals surface area contributed by atoms with Crippen LogP contribution >= 0.6 is 0 Å². The Kier molecular flexibility index (Phi) is 2.76. The van der Waals surface area contributed by atoms with E-state index in [1.165, 1.54) is 12.1 Å². The van der Waals surface area contributed by atoms with Crippen molar-refractivity contribution in [2.24, 2.45) is 0 Å². The van der Waals surface area contributed by atoms with Crippen molar-refractivity contribution in [3.63, 3.8) is 0 Å². The summed E-state index contributed by atoms with van der Waals surface area (Å²) in [6.07, 6.45) is 1.66. The first kappa shape index (κ1) is 10.1. The second-order valence-electron chi connectivity index (χ2n) is 2.76. The number of aromatic carboxylic acids is 1. The van der Waals surface area contributed by atoms with Gasteiger partial charge in [0.15, 0.2) is 11.5 Å². The fourth-order valence-corrected chi connectivity index (χ4v) is 1.18. The average molecular weight is 194 g/mol. The van der Waals surface area contributed by atoms with Gasteiger partial charge in [0, 0.05) is 5.56 Å². The van der Waals surface area contributed by atoms with Crippen molar-refractivity contribution in [1.29, 1.82) is 0 Å². The SMILES string of the molecule is C=CCc1c(C(=O)O)ccc(O)c1O. The molecule has 0 bridgehead atoms. The number of benzene rings is 1. The highest BCUT2D eigenvalue weighted by atomic mass is 16.4. The number of hydrogen-bond acceptors (Lipinski definition) is 3. The van der Waals surface area contributed by atoms with E-state index >= 15 is 0 Å². The van der Waals surface area contributed by atoms with E-state index in [0.29, 0.717) is 0 Å². The molecule has 14 heavy (non-hydrogen) atoms. The third-order valence-electron chi connectivity index (χ3n) is 1.84. The second-order valence-corrected chi connectivity index (χ2v) is 2.76. The molecular formula is C10H10O4. The van der Waals surface area contributed by atoms with Gasteiger partial charge >= 0.3 is 5.97 Å². The molecule has 0 unspecified atom stereocenters. The molecule has 74 valence electrons. The van der Waals surface area contributed by atoms with Gasteiger partial charge in [-0.2, -0.15) is 0 Å². The normalized spacial score (nSPS) is 9.71. The lowest BCUT2D eigenvalue weighted by Gasteiger charge is -2.07. The van der Waals surface area contributed by atoms with Gasteiger partial charge in [0.2, 0.25) is 0 Å². The minimum Gasteiger partial charge on any atom is -0.504 e. The Morgan fingerprint density at radius 2 is 2.07 bits per heavy atom. The van der Waals surface area contributed by atoms with E-state index in [-0.39, 0.29) is 23.3 Å². The average Bonchev–Trinajstić information content (AvgIpc) is 2.13. The number of rotatable bonds is 3. The molecule has 1 aromatic rings. The number of carbonyl (C=O) groups is 1. The molecule has 0 fully saturated rings. The van der Waals surface area contributed by atoms with Crippen LogP contribution in [0.5, 0.6) is 11.5 Å². The Bertz CT molecular complexity index is 382. The Morgan fingerprint density at radius 3 is 2.57 bits per heavy atom. The monoisotopic (exact) mass is 194 g/mol. The molecule has 0 saturated carbocycles. The number of carboxylic acid groups (broad SMARTS) is 1.